The van der Waals surface area contributed by atoms with Gasteiger partial charge in [-0.1, -0.05) is 48.0 Å². The van der Waals surface area contributed by atoms with E-state index in [4.69, 9.17) is 16.7 Å². The Labute approximate surface area is 166 Å². The lowest BCUT2D eigenvalue weighted by Crippen LogP contribution is -2.21. The van der Waals surface area contributed by atoms with Gasteiger partial charge in [0, 0.05) is 24.3 Å². The van der Waals surface area contributed by atoms with Crippen LogP contribution >= 0.6 is 11.6 Å². The first-order valence-corrected chi connectivity index (χ1v) is 9.59. The molecule has 0 bridgehead atoms. The Bertz CT molecular complexity index is 835. The van der Waals surface area contributed by atoms with Gasteiger partial charge in [-0.3, -0.25) is 0 Å². The van der Waals surface area contributed by atoms with Gasteiger partial charge in [-0.15, -0.1) is 0 Å². The van der Waals surface area contributed by atoms with E-state index >= 15 is 0 Å². The van der Waals surface area contributed by atoms with Crippen LogP contribution in [0.5, 0.6) is 0 Å². The van der Waals surface area contributed by atoms with Crippen molar-refractivity contribution in [1.82, 2.24) is 0 Å². The molecule has 0 spiro atoms. The summed E-state index contributed by atoms with van der Waals surface area (Å²) in [5.74, 6) is 0. The highest BCUT2D eigenvalue weighted by Crippen LogP contribution is 2.26. The number of para-hydroxylation sites is 2. The highest BCUT2D eigenvalue weighted by molar-refractivity contribution is 6.33. The van der Waals surface area contributed by atoms with Crippen LogP contribution in [-0.4, -0.2) is 19.3 Å². The fourth-order valence-electron chi connectivity index (χ4n) is 2.95. The van der Waals surface area contributed by atoms with Gasteiger partial charge in [-0.05, 0) is 56.3 Å². The molecule has 0 aromatic heterocycles. The zero-order valence-electron chi connectivity index (χ0n) is 15.7. The minimum atomic E-state index is 0.698. The van der Waals surface area contributed by atoms with Crippen molar-refractivity contribution in [2.75, 3.05) is 23.0 Å². The van der Waals surface area contributed by atoms with E-state index in [1.165, 1.54) is 0 Å². The molecule has 0 N–H and O–H groups in total. The zero-order chi connectivity index (χ0) is 19.1. The summed E-state index contributed by atoms with van der Waals surface area (Å²) in [6.45, 7) is 6.20. The van der Waals surface area contributed by atoms with Gasteiger partial charge in [0.1, 0.15) is 0 Å². The number of hydrogen-bond donors (Lipinski definition) is 0. The second-order valence-electron chi connectivity index (χ2n) is 6.11. The molecule has 138 valence electrons. The third-order valence-electron chi connectivity index (χ3n) is 4.43. The van der Waals surface area contributed by atoms with Gasteiger partial charge >= 0.3 is 0 Å². The van der Waals surface area contributed by atoms with E-state index in [9.17, 15) is 0 Å². The Hall–Kier alpha value is -2.78. The molecule has 0 radical (unpaired) electrons. The smallest absolute Gasteiger partial charge is 0.0652 e. The molecular formula is C23H24ClN3. The fraction of sp³-hybridized carbons (Fsp3) is 0.174. The molecule has 0 aliphatic heterocycles. The van der Waals surface area contributed by atoms with Gasteiger partial charge in [-0.2, -0.15) is 5.10 Å². The van der Waals surface area contributed by atoms with E-state index < -0.39 is 0 Å². The normalized spacial score (nSPS) is 10.9. The molecule has 0 amide bonds. The third kappa shape index (κ3) is 4.69. The van der Waals surface area contributed by atoms with Crippen LogP contribution in [0, 0.1) is 0 Å². The first kappa shape index (κ1) is 19.0. The van der Waals surface area contributed by atoms with Crippen LogP contribution in [0.4, 0.5) is 17.1 Å². The van der Waals surface area contributed by atoms with Gasteiger partial charge in [-0.25, -0.2) is 5.01 Å². The van der Waals surface area contributed by atoms with Crippen LogP contribution < -0.4 is 9.91 Å². The number of hydrazone groups is 1. The maximum atomic E-state index is 6.53. The molecule has 0 aliphatic carbocycles. The van der Waals surface area contributed by atoms with Gasteiger partial charge in [0.25, 0.3) is 0 Å². The molecule has 3 aromatic carbocycles. The highest BCUT2D eigenvalue weighted by Gasteiger charge is 2.08. The Morgan fingerprint density at radius 3 is 1.81 bits per heavy atom. The van der Waals surface area contributed by atoms with Crippen LogP contribution in [0.3, 0.4) is 0 Å². The molecule has 0 heterocycles. The molecule has 0 saturated carbocycles. The number of rotatable bonds is 7. The van der Waals surface area contributed by atoms with Gasteiger partial charge in [0.15, 0.2) is 0 Å². The van der Waals surface area contributed by atoms with Crippen LogP contribution in [0.2, 0.25) is 5.02 Å². The summed E-state index contributed by atoms with van der Waals surface area (Å²) in [4.78, 5) is 2.27. The molecule has 0 fully saturated rings. The van der Waals surface area contributed by atoms with E-state index in [2.05, 4.69) is 24.8 Å². The molecule has 0 saturated heterocycles. The molecule has 3 rings (SSSR count). The van der Waals surface area contributed by atoms with Crippen molar-refractivity contribution in [2.24, 2.45) is 5.10 Å². The molecule has 3 nitrogen and oxygen atoms in total. The lowest BCUT2D eigenvalue weighted by Gasteiger charge is -2.21. The minimum absolute atomic E-state index is 0.698. The maximum absolute atomic E-state index is 6.53. The number of anilines is 3. The van der Waals surface area contributed by atoms with E-state index in [0.29, 0.717) is 5.02 Å². The van der Waals surface area contributed by atoms with E-state index in [1.54, 1.807) is 0 Å². The minimum Gasteiger partial charge on any atom is -0.372 e. The van der Waals surface area contributed by atoms with Gasteiger partial charge in [0.05, 0.1) is 22.6 Å². The molecular weight excluding hydrogens is 354 g/mol. The van der Waals surface area contributed by atoms with E-state index in [0.717, 1.165) is 35.7 Å². The van der Waals surface area contributed by atoms with Gasteiger partial charge in [0.2, 0.25) is 0 Å². The maximum Gasteiger partial charge on any atom is 0.0652 e. The predicted octanol–water partition coefficient (Wildman–Crippen LogP) is 6.36. The topological polar surface area (TPSA) is 18.8 Å². The monoisotopic (exact) mass is 377 g/mol. The summed E-state index contributed by atoms with van der Waals surface area (Å²) in [6, 6.07) is 26.3. The van der Waals surface area contributed by atoms with Crippen molar-refractivity contribution >= 4 is 34.9 Å². The molecule has 27 heavy (non-hydrogen) atoms. The third-order valence-corrected chi connectivity index (χ3v) is 4.75. The number of halogens is 1. The molecule has 3 aromatic rings. The largest absolute Gasteiger partial charge is 0.372 e. The number of benzene rings is 3. The second kappa shape index (κ2) is 9.24. The lowest BCUT2D eigenvalue weighted by molar-refractivity contribution is 0.866. The lowest BCUT2D eigenvalue weighted by atomic mass is 10.2. The summed E-state index contributed by atoms with van der Waals surface area (Å²) >= 11 is 6.53. The standard InChI is InChI=1S/C23H24ClN3/c1-3-26(4-2)22-16-15-19(23(24)17-22)18-25-27(20-11-7-5-8-12-20)21-13-9-6-10-14-21/h5-18H,3-4H2,1-2H3. The van der Waals surface area contributed by atoms with Crippen molar-refractivity contribution in [2.45, 2.75) is 13.8 Å². The van der Waals surface area contributed by atoms with Crippen molar-refractivity contribution in [3.8, 4) is 0 Å². The molecule has 0 atom stereocenters. The molecule has 0 unspecified atom stereocenters. The summed E-state index contributed by atoms with van der Waals surface area (Å²) in [6.07, 6.45) is 1.81. The SMILES string of the molecule is CCN(CC)c1ccc(C=NN(c2ccccc2)c2ccccc2)c(Cl)c1. The van der Waals surface area contributed by atoms with Crippen LogP contribution in [0.1, 0.15) is 19.4 Å². The average Bonchev–Trinajstić information content (AvgIpc) is 2.72. The number of hydrogen-bond acceptors (Lipinski definition) is 3. The summed E-state index contributed by atoms with van der Waals surface area (Å²) < 4.78 is 0. The Morgan fingerprint density at radius 1 is 0.778 bits per heavy atom. The highest BCUT2D eigenvalue weighted by atomic mass is 35.5. The predicted molar refractivity (Wildman–Crippen MR) is 118 cm³/mol. The zero-order valence-corrected chi connectivity index (χ0v) is 16.5. The van der Waals surface area contributed by atoms with Gasteiger partial charge < -0.3 is 4.90 Å². The van der Waals surface area contributed by atoms with Crippen LogP contribution in [-0.2, 0) is 0 Å². The van der Waals surface area contributed by atoms with Crippen molar-refractivity contribution in [3.05, 3.63) is 89.4 Å². The Kier molecular flexibility index (Phi) is 6.50. The van der Waals surface area contributed by atoms with Crippen molar-refractivity contribution < 1.29 is 0 Å². The summed E-state index contributed by atoms with van der Waals surface area (Å²) in [5.41, 5.74) is 4.02. The first-order chi connectivity index (χ1) is 13.2. The summed E-state index contributed by atoms with van der Waals surface area (Å²) in [7, 11) is 0. The summed E-state index contributed by atoms with van der Waals surface area (Å²) in [5, 5.41) is 7.33. The average molecular weight is 378 g/mol. The van der Waals surface area contributed by atoms with E-state index in [-0.39, 0.29) is 0 Å². The quantitative estimate of drug-likeness (QED) is 0.352. The Balaban J connectivity index is 1.91. The first-order valence-electron chi connectivity index (χ1n) is 9.21. The fourth-order valence-corrected chi connectivity index (χ4v) is 3.17. The molecule has 4 heteroatoms. The number of nitrogens with zero attached hydrogens (tertiary/aromatic N) is 3. The van der Waals surface area contributed by atoms with Crippen molar-refractivity contribution in [1.29, 1.82) is 0 Å². The molecule has 0 aliphatic rings. The van der Waals surface area contributed by atoms with E-state index in [1.807, 2.05) is 84.0 Å². The Morgan fingerprint density at radius 2 is 1.33 bits per heavy atom. The second-order valence-corrected chi connectivity index (χ2v) is 6.51. The van der Waals surface area contributed by atoms with Crippen molar-refractivity contribution in [3.63, 3.8) is 0 Å². The van der Waals surface area contributed by atoms with Crippen LogP contribution in [0.15, 0.2) is 84.0 Å². The van der Waals surface area contributed by atoms with Crippen LogP contribution in [0.25, 0.3) is 0 Å².